The first kappa shape index (κ1) is 6.07. The summed E-state index contributed by atoms with van der Waals surface area (Å²) in [5.74, 6) is 0. The number of hydrogen-bond donors (Lipinski definition) is 0. The van der Waals surface area contributed by atoms with Gasteiger partial charge >= 0.3 is 0 Å². The fraction of sp³-hybridized carbons (Fsp3) is 0. The standard InChI is InChI=1S/C7H3N4S/c1-2-9-6-5(8-1)11-4-3-10-7(11)12-6/h1,3-4H. The average Bonchev–Trinajstić information content (AvgIpc) is 2.62. The van der Waals surface area contributed by atoms with Crippen LogP contribution in [0.1, 0.15) is 0 Å². The molecule has 0 aliphatic carbocycles. The van der Waals surface area contributed by atoms with Gasteiger partial charge in [-0.05, 0) is 0 Å². The lowest BCUT2D eigenvalue weighted by Crippen LogP contribution is -1.82. The molecule has 0 atom stereocenters. The normalized spacial score (nSPS) is 11.3. The van der Waals surface area contributed by atoms with Gasteiger partial charge in [-0.3, -0.25) is 4.40 Å². The van der Waals surface area contributed by atoms with Gasteiger partial charge in [0.25, 0.3) is 0 Å². The molecule has 3 heterocycles. The van der Waals surface area contributed by atoms with Crippen LogP contribution >= 0.6 is 11.3 Å². The number of rotatable bonds is 0. The summed E-state index contributed by atoms with van der Waals surface area (Å²) in [5.41, 5.74) is 0.853. The van der Waals surface area contributed by atoms with Crippen molar-refractivity contribution >= 4 is 26.8 Å². The first-order valence-electron chi connectivity index (χ1n) is 3.40. The first-order valence-corrected chi connectivity index (χ1v) is 4.21. The van der Waals surface area contributed by atoms with Gasteiger partial charge in [0.15, 0.2) is 15.4 Å². The molecule has 0 N–H and O–H groups in total. The van der Waals surface area contributed by atoms with E-state index in [1.165, 1.54) is 11.3 Å². The molecule has 0 saturated heterocycles. The molecule has 12 heavy (non-hydrogen) atoms. The number of imidazole rings is 1. The number of nitrogens with zero attached hydrogens (tertiary/aromatic N) is 4. The molecule has 5 heteroatoms. The van der Waals surface area contributed by atoms with Crippen molar-refractivity contribution in [2.75, 3.05) is 0 Å². The van der Waals surface area contributed by atoms with Crippen LogP contribution < -0.4 is 0 Å². The molecule has 0 aliphatic heterocycles. The summed E-state index contributed by atoms with van der Waals surface area (Å²) in [5, 5.41) is 0. The molecule has 3 rings (SSSR count). The lowest BCUT2D eigenvalue weighted by Gasteiger charge is -1.84. The van der Waals surface area contributed by atoms with E-state index in [1.54, 1.807) is 12.4 Å². The first-order chi connectivity index (χ1) is 5.95. The van der Waals surface area contributed by atoms with Crippen molar-refractivity contribution in [2.45, 2.75) is 0 Å². The molecule has 4 nitrogen and oxygen atoms in total. The minimum atomic E-state index is 0.853. The highest BCUT2D eigenvalue weighted by Crippen LogP contribution is 2.20. The van der Waals surface area contributed by atoms with Gasteiger partial charge in [-0.15, -0.1) is 0 Å². The topological polar surface area (TPSA) is 43.1 Å². The van der Waals surface area contributed by atoms with Gasteiger partial charge in [0.1, 0.15) is 6.20 Å². The van der Waals surface area contributed by atoms with Gasteiger partial charge in [-0.25, -0.2) is 15.0 Å². The van der Waals surface area contributed by atoms with Gasteiger partial charge in [0.2, 0.25) is 0 Å². The van der Waals surface area contributed by atoms with E-state index < -0.39 is 0 Å². The third-order valence-electron chi connectivity index (χ3n) is 1.62. The van der Waals surface area contributed by atoms with Crippen molar-refractivity contribution in [3.63, 3.8) is 0 Å². The van der Waals surface area contributed by atoms with E-state index in [-0.39, 0.29) is 0 Å². The Hall–Kier alpha value is -1.49. The highest BCUT2D eigenvalue weighted by Gasteiger charge is 2.05. The lowest BCUT2D eigenvalue weighted by atomic mass is 10.7. The number of fused-ring (bicyclic) bond motifs is 3. The molecule has 0 saturated carbocycles. The largest absolute Gasteiger partial charge is 0.273 e. The number of thiazole rings is 1. The van der Waals surface area contributed by atoms with E-state index in [9.17, 15) is 0 Å². The minimum absolute atomic E-state index is 0.853. The van der Waals surface area contributed by atoms with E-state index >= 15 is 0 Å². The Labute approximate surface area is 71.5 Å². The maximum absolute atomic E-state index is 4.16. The summed E-state index contributed by atoms with van der Waals surface area (Å²) < 4.78 is 1.92. The van der Waals surface area contributed by atoms with Crippen molar-refractivity contribution in [3.05, 3.63) is 24.8 Å². The molecule has 0 unspecified atom stereocenters. The van der Waals surface area contributed by atoms with Crippen LogP contribution in [0.2, 0.25) is 0 Å². The van der Waals surface area contributed by atoms with E-state index in [0.29, 0.717) is 0 Å². The molecular weight excluding hydrogens is 172 g/mol. The molecule has 0 amide bonds. The summed E-state index contributed by atoms with van der Waals surface area (Å²) in [4.78, 5) is 14.2. The summed E-state index contributed by atoms with van der Waals surface area (Å²) >= 11 is 1.52. The second-order valence-corrected chi connectivity index (χ2v) is 3.27. The van der Waals surface area contributed by atoms with E-state index in [2.05, 4.69) is 21.1 Å². The zero-order chi connectivity index (χ0) is 7.97. The van der Waals surface area contributed by atoms with Crippen LogP contribution in [0.5, 0.6) is 0 Å². The zero-order valence-electron chi connectivity index (χ0n) is 5.93. The Balaban J connectivity index is 2.68. The van der Waals surface area contributed by atoms with Gasteiger partial charge < -0.3 is 0 Å². The average molecular weight is 175 g/mol. The maximum Gasteiger partial charge on any atom is 0.197 e. The molecule has 3 aromatic heterocycles. The summed E-state index contributed by atoms with van der Waals surface area (Å²) in [6.07, 6.45) is 7.89. The molecular formula is C7H3N4S. The highest BCUT2D eigenvalue weighted by molar-refractivity contribution is 7.23. The Bertz CT molecular complexity index is 537. The van der Waals surface area contributed by atoms with Crippen molar-refractivity contribution in [3.8, 4) is 0 Å². The van der Waals surface area contributed by atoms with E-state index in [1.807, 2.05) is 10.6 Å². The Morgan fingerprint density at radius 2 is 2.42 bits per heavy atom. The van der Waals surface area contributed by atoms with Crippen molar-refractivity contribution in [2.24, 2.45) is 0 Å². The van der Waals surface area contributed by atoms with Crippen LogP contribution in [0.25, 0.3) is 15.4 Å². The van der Waals surface area contributed by atoms with Crippen molar-refractivity contribution in [1.82, 2.24) is 19.4 Å². The monoisotopic (exact) mass is 175 g/mol. The van der Waals surface area contributed by atoms with Gasteiger partial charge in [0.05, 0.1) is 6.20 Å². The Kier molecular flexibility index (Phi) is 1.02. The second kappa shape index (κ2) is 2.01. The molecule has 0 aliphatic rings. The lowest BCUT2D eigenvalue weighted by molar-refractivity contribution is 1.19. The summed E-state index contributed by atoms with van der Waals surface area (Å²) in [6, 6.07) is 0. The molecule has 0 fully saturated rings. The fourth-order valence-electron chi connectivity index (χ4n) is 1.13. The third kappa shape index (κ3) is 0.634. The SMILES string of the molecule is [c]1cnc2c(n1)sc1nccn12. The molecule has 3 aromatic rings. The molecule has 0 spiro atoms. The molecule has 0 bridgehead atoms. The van der Waals surface area contributed by atoms with Gasteiger partial charge in [-0.2, -0.15) is 0 Å². The predicted molar refractivity (Wildman–Crippen MR) is 45.0 cm³/mol. The van der Waals surface area contributed by atoms with Crippen LogP contribution in [-0.2, 0) is 0 Å². The number of aromatic nitrogens is 4. The Morgan fingerprint density at radius 1 is 1.42 bits per heavy atom. The number of hydrogen-bond acceptors (Lipinski definition) is 4. The van der Waals surface area contributed by atoms with Crippen LogP contribution in [0.4, 0.5) is 0 Å². The van der Waals surface area contributed by atoms with Crippen LogP contribution in [-0.4, -0.2) is 19.4 Å². The van der Waals surface area contributed by atoms with Crippen molar-refractivity contribution in [1.29, 1.82) is 0 Å². The fourth-order valence-corrected chi connectivity index (χ4v) is 2.00. The second-order valence-electron chi connectivity index (χ2n) is 2.31. The smallest absolute Gasteiger partial charge is 0.197 e. The Morgan fingerprint density at radius 3 is 3.42 bits per heavy atom. The van der Waals surface area contributed by atoms with E-state index in [0.717, 1.165) is 15.4 Å². The molecule has 0 aromatic carbocycles. The summed E-state index contributed by atoms with van der Waals surface area (Å²) in [7, 11) is 0. The quantitative estimate of drug-likeness (QED) is 0.514. The van der Waals surface area contributed by atoms with Crippen LogP contribution in [0.3, 0.4) is 0 Å². The van der Waals surface area contributed by atoms with Gasteiger partial charge in [-0.1, -0.05) is 11.3 Å². The van der Waals surface area contributed by atoms with Crippen LogP contribution in [0.15, 0.2) is 18.6 Å². The van der Waals surface area contributed by atoms with E-state index in [4.69, 9.17) is 0 Å². The third-order valence-corrected chi connectivity index (χ3v) is 2.58. The zero-order valence-corrected chi connectivity index (χ0v) is 6.75. The van der Waals surface area contributed by atoms with Gasteiger partial charge in [0, 0.05) is 12.4 Å². The molecule has 1 radical (unpaired) electrons. The predicted octanol–water partition coefficient (Wildman–Crippen LogP) is 1.14. The highest BCUT2D eigenvalue weighted by atomic mass is 32.1. The maximum atomic E-state index is 4.16. The van der Waals surface area contributed by atoms with Crippen molar-refractivity contribution < 1.29 is 0 Å². The minimum Gasteiger partial charge on any atom is -0.273 e. The molecule has 57 valence electrons. The summed E-state index contributed by atoms with van der Waals surface area (Å²) in [6.45, 7) is 0. The van der Waals surface area contributed by atoms with Crippen LogP contribution in [0, 0.1) is 6.20 Å².